The number of imide groups is 1. The molecule has 7 heteroatoms. The van der Waals surface area contributed by atoms with Crippen molar-refractivity contribution in [2.75, 3.05) is 39.5 Å². The molecule has 2 N–H and O–H groups in total. The molecule has 0 bridgehead atoms. The van der Waals surface area contributed by atoms with Crippen LogP contribution in [0.5, 0.6) is 11.5 Å². The smallest absolute Gasteiger partial charge is 0.288 e. The molecular formula is C18H25N3O4+2. The predicted octanol–water partition coefficient (Wildman–Crippen LogP) is -2.15. The third-order valence-corrected chi connectivity index (χ3v) is 5.54. The molecule has 1 atom stereocenters. The molecule has 2 saturated heterocycles. The third-order valence-electron chi connectivity index (χ3n) is 5.54. The van der Waals surface area contributed by atoms with Crippen LogP contribution in [0.1, 0.15) is 18.9 Å². The first-order chi connectivity index (χ1) is 12.2. The maximum absolute atomic E-state index is 12.4. The fourth-order valence-electron chi connectivity index (χ4n) is 4.12. The molecule has 1 aromatic carbocycles. The van der Waals surface area contributed by atoms with E-state index in [-0.39, 0.29) is 17.9 Å². The van der Waals surface area contributed by atoms with E-state index in [1.807, 2.05) is 13.0 Å². The number of piperazine rings is 1. The number of likely N-dealkylation sites (tertiary alicyclic amines) is 1. The summed E-state index contributed by atoms with van der Waals surface area (Å²) in [6.07, 6.45) is 0.375. The zero-order valence-electron chi connectivity index (χ0n) is 14.5. The second-order valence-corrected chi connectivity index (χ2v) is 7.01. The zero-order chi connectivity index (χ0) is 17.4. The molecule has 3 aliphatic rings. The van der Waals surface area contributed by atoms with Gasteiger partial charge in [0, 0.05) is 12.1 Å². The second kappa shape index (κ2) is 6.65. The van der Waals surface area contributed by atoms with Gasteiger partial charge in [0.2, 0.25) is 12.7 Å². The molecule has 0 aromatic heterocycles. The summed E-state index contributed by atoms with van der Waals surface area (Å²) in [6, 6.07) is 5.96. The maximum atomic E-state index is 12.4. The van der Waals surface area contributed by atoms with Crippen LogP contribution >= 0.6 is 0 Å². The Morgan fingerprint density at radius 2 is 1.88 bits per heavy atom. The van der Waals surface area contributed by atoms with Gasteiger partial charge in [0.15, 0.2) is 17.5 Å². The Morgan fingerprint density at radius 3 is 2.60 bits per heavy atom. The largest absolute Gasteiger partial charge is 0.454 e. The normalized spacial score (nSPS) is 28.7. The molecule has 134 valence electrons. The Morgan fingerprint density at radius 1 is 1.12 bits per heavy atom. The standard InChI is InChI=1S/C18H23N3O4/c1-2-21-17(22)10-14(18(21)23)20-7-5-19(6-8-20)11-13-3-4-15-16(9-13)25-12-24-15/h3-4,9,14H,2,5-8,10-12H2,1H3/p+2/t14-/m0/s1. The Hall–Kier alpha value is -2.12. The number of rotatable bonds is 4. The number of carbonyl (C=O) groups is 2. The number of ether oxygens (including phenoxy) is 2. The first kappa shape index (κ1) is 16.4. The van der Waals surface area contributed by atoms with E-state index in [0.29, 0.717) is 19.8 Å². The third kappa shape index (κ3) is 3.09. The molecule has 3 aliphatic heterocycles. The highest BCUT2D eigenvalue weighted by molar-refractivity contribution is 6.04. The van der Waals surface area contributed by atoms with Gasteiger partial charge in [-0.3, -0.25) is 14.5 Å². The summed E-state index contributed by atoms with van der Waals surface area (Å²) in [4.78, 5) is 28.5. The first-order valence-electron chi connectivity index (χ1n) is 9.06. The van der Waals surface area contributed by atoms with Crippen molar-refractivity contribution in [2.45, 2.75) is 25.9 Å². The number of likely N-dealkylation sites (N-methyl/N-ethyl adjacent to an activating group) is 1. The molecule has 25 heavy (non-hydrogen) atoms. The van der Waals surface area contributed by atoms with Gasteiger partial charge in [-0.25, -0.2) is 0 Å². The molecule has 0 spiro atoms. The number of amides is 2. The van der Waals surface area contributed by atoms with Crippen LogP contribution in [0, 0.1) is 0 Å². The van der Waals surface area contributed by atoms with Crippen molar-refractivity contribution < 1.29 is 28.9 Å². The van der Waals surface area contributed by atoms with E-state index in [1.165, 1.54) is 20.3 Å². The van der Waals surface area contributed by atoms with Crippen LogP contribution in [0.15, 0.2) is 18.2 Å². The Labute approximate surface area is 147 Å². The molecule has 0 aliphatic carbocycles. The van der Waals surface area contributed by atoms with Crippen molar-refractivity contribution in [1.29, 1.82) is 0 Å². The van der Waals surface area contributed by atoms with Crippen LogP contribution in [0.4, 0.5) is 0 Å². The molecule has 2 amide bonds. The van der Waals surface area contributed by atoms with Crippen LogP contribution in [0.3, 0.4) is 0 Å². The molecule has 0 unspecified atom stereocenters. The van der Waals surface area contributed by atoms with Gasteiger partial charge < -0.3 is 19.3 Å². The topological polar surface area (TPSA) is 64.7 Å². The SMILES string of the molecule is CCN1C(=O)C[C@H]([NH+]2CC[NH+](Cc3ccc4c(c3)OCO4)CC2)C1=O. The van der Waals surface area contributed by atoms with Crippen LogP contribution in [-0.4, -0.2) is 62.3 Å². The summed E-state index contributed by atoms with van der Waals surface area (Å²) < 4.78 is 10.8. The number of hydrogen-bond donors (Lipinski definition) is 2. The van der Waals surface area contributed by atoms with Gasteiger partial charge in [0.05, 0.1) is 6.42 Å². The molecule has 4 rings (SSSR count). The number of carbonyl (C=O) groups excluding carboxylic acids is 2. The van der Waals surface area contributed by atoms with Gasteiger partial charge in [0.1, 0.15) is 32.7 Å². The Kier molecular flexibility index (Phi) is 4.35. The minimum absolute atomic E-state index is 0.0138. The highest BCUT2D eigenvalue weighted by Crippen LogP contribution is 2.32. The lowest BCUT2D eigenvalue weighted by Gasteiger charge is -2.32. The van der Waals surface area contributed by atoms with E-state index in [1.54, 1.807) is 0 Å². The van der Waals surface area contributed by atoms with E-state index in [9.17, 15) is 9.59 Å². The highest BCUT2D eigenvalue weighted by atomic mass is 16.7. The summed E-state index contributed by atoms with van der Waals surface area (Å²) in [6.45, 7) is 7.48. The number of benzene rings is 1. The number of quaternary nitrogens is 2. The van der Waals surface area contributed by atoms with Crippen molar-refractivity contribution in [1.82, 2.24) is 4.90 Å². The Balaban J connectivity index is 1.33. The molecule has 3 heterocycles. The quantitative estimate of drug-likeness (QED) is 0.610. The molecule has 1 aromatic rings. The minimum atomic E-state index is -0.167. The van der Waals surface area contributed by atoms with Gasteiger partial charge >= 0.3 is 0 Å². The average molecular weight is 347 g/mol. The van der Waals surface area contributed by atoms with Crippen molar-refractivity contribution >= 4 is 11.8 Å². The summed E-state index contributed by atoms with van der Waals surface area (Å²) in [5.74, 6) is 1.65. The van der Waals surface area contributed by atoms with E-state index < -0.39 is 0 Å². The number of nitrogens with zero attached hydrogens (tertiary/aromatic N) is 1. The lowest BCUT2D eigenvalue weighted by Crippen LogP contribution is -3.29. The van der Waals surface area contributed by atoms with Crippen molar-refractivity contribution in [2.24, 2.45) is 0 Å². The maximum Gasteiger partial charge on any atom is 0.288 e. The number of fused-ring (bicyclic) bond motifs is 1. The van der Waals surface area contributed by atoms with Crippen molar-refractivity contribution in [3.8, 4) is 11.5 Å². The summed E-state index contributed by atoms with van der Waals surface area (Å²) in [5.41, 5.74) is 1.24. The number of hydrogen-bond acceptors (Lipinski definition) is 4. The van der Waals surface area contributed by atoms with Crippen LogP contribution < -0.4 is 19.3 Å². The van der Waals surface area contributed by atoms with Gasteiger partial charge in [-0.2, -0.15) is 0 Å². The van der Waals surface area contributed by atoms with Crippen LogP contribution in [0.2, 0.25) is 0 Å². The van der Waals surface area contributed by atoms with E-state index in [4.69, 9.17) is 9.47 Å². The average Bonchev–Trinajstić information content (AvgIpc) is 3.19. The van der Waals surface area contributed by atoms with E-state index >= 15 is 0 Å². The number of nitrogens with one attached hydrogen (secondary N) is 2. The summed E-state index contributed by atoms with van der Waals surface area (Å²) in [5, 5.41) is 0. The van der Waals surface area contributed by atoms with Gasteiger partial charge in [-0.15, -0.1) is 0 Å². The van der Waals surface area contributed by atoms with Gasteiger partial charge in [-0.1, -0.05) is 0 Å². The fraction of sp³-hybridized carbons (Fsp3) is 0.556. The predicted molar refractivity (Wildman–Crippen MR) is 88.5 cm³/mol. The summed E-state index contributed by atoms with van der Waals surface area (Å²) in [7, 11) is 0. The van der Waals surface area contributed by atoms with Gasteiger partial charge in [0.25, 0.3) is 5.91 Å². The van der Waals surface area contributed by atoms with Gasteiger partial charge in [-0.05, 0) is 25.1 Å². The fourth-order valence-corrected chi connectivity index (χ4v) is 4.12. The highest BCUT2D eigenvalue weighted by Gasteiger charge is 2.45. The van der Waals surface area contributed by atoms with E-state index in [0.717, 1.165) is 44.2 Å². The lowest BCUT2D eigenvalue weighted by molar-refractivity contribution is -1.02. The minimum Gasteiger partial charge on any atom is -0.454 e. The first-order valence-corrected chi connectivity index (χ1v) is 9.06. The molecule has 0 saturated carbocycles. The molecule has 7 nitrogen and oxygen atoms in total. The molecule has 2 fully saturated rings. The van der Waals surface area contributed by atoms with Crippen molar-refractivity contribution in [3.63, 3.8) is 0 Å². The Bertz CT molecular complexity index is 685. The monoisotopic (exact) mass is 347 g/mol. The summed E-state index contributed by atoms with van der Waals surface area (Å²) >= 11 is 0. The zero-order valence-corrected chi connectivity index (χ0v) is 14.5. The lowest BCUT2D eigenvalue weighted by atomic mass is 10.1. The van der Waals surface area contributed by atoms with Crippen LogP contribution in [0.25, 0.3) is 0 Å². The second-order valence-electron chi connectivity index (χ2n) is 7.01. The molecular weight excluding hydrogens is 322 g/mol. The van der Waals surface area contributed by atoms with Crippen molar-refractivity contribution in [3.05, 3.63) is 23.8 Å². The van der Waals surface area contributed by atoms with Crippen LogP contribution in [-0.2, 0) is 16.1 Å². The molecule has 0 radical (unpaired) electrons. The van der Waals surface area contributed by atoms with E-state index in [2.05, 4.69) is 12.1 Å².